The molecule has 2 aromatic rings. The number of fused-ring (bicyclic) bond motifs is 1. The first-order chi connectivity index (χ1) is 15.7. The van der Waals surface area contributed by atoms with Gasteiger partial charge in [0.2, 0.25) is 29.3 Å². The smallest absolute Gasteiger partial charge is 0.256 e. The lowest BCUT2D eigenvalue weighted by Gasteiger charge is -2.29. The number of piperidine rings is 1. The van der Waals surface area contributed by atoms with Gasteiger partial charge in [-0.3, -0.25) is 34.1 Å². The zero-order valence-electron chi connectivity index (χ0n) is 17.8. The number of benzene rings is 1. The summed E-state index contributed by atoms with van der Waals surface area (Å²) in [7, 11) is 0. The molecule has 33 heavy (non-hydrogen) atoms. The van der Waals surface area contributed by atoms with Crippen LogP contribution in [-0.2, 0) is 32.1 Å². The van der Waals surface area contributed by atoms with E-state index in [1.807, 2.05) is 0 Å². The van der Waals surface area contributed by atoms with E-state index in [0.29, 0.717) is 17.7 Å². The summed E-state index contributed by atoms with van der Waals surface area (Å²) in [4.78, 5) is 74.7. The molecule has 2 N–H and O–H groups in total. The largest absolute Gasteiger partial charge is 0.326 e. The predicted molar refractivity (Wildman–Crippen MR) is 119 cm³/mol. The topological polar surface area (TPSA) is 130 Å². The van der Waals surface area contributed by atoms with Gasteiger partial charge in [-0.05, 0) is 42.7 Å². The molecule has 10 heteroatoms. The Morgan fingerprint density at radius 2 is 1.88 bits per heavy atom. The predicted octanol–water partition coefficient (Wildman–Crippen LogP) is 1.85. The van der Waals surface area contributed by atoms with Crippen molar-refractivity contribution in [2.75, 3.05) is 5.32 Å². The molecule has 170 valence electrons. The Morgan fingerprint density at radius 3 is 2.55 bits per heavy atom. The van der Waals surface area contributed by atoms with Crippen molar-refractivity contribution in [3.8, 4) is 0 Å². The molecule has 1 atom stereocenters. The summed E-state index contributed by atoms with van der Waals surface area (Å²) in [6, 6.07) is 5.41. The zero-order chi connectivity index (χ0) is 23.7. The Bertz CT molecular complexity index is 1180. The number of hydrogen-bond donors (Lipinski definition) is 2. The van der Waals surface area contributed by atoms with Crippen LogP contribution < -0.4 is 10.6 Å². The van der Waals surface area contributed by atoms with E-state index >= 15 is 0 Å². The highest BCUT2D eigenvalue weighted by Crippen LogP contribution is 2.34. The molecule has 2 aliphatic heterocycles. The molecule has 1 aromatic heterocycles. The zero-order valence-corrected chi connectivity index (χ0v) is 18.6. The highest BCUT2D eigenvalue weighted by Gasteiger charge is 2.40. The first-order valence-electron chi connectivity index (χ1n) is 10.4. The van der Waals surface area contributed by atoms with Gasteiger partial charge in [0.15, 0.2) is 0 Å². The fourth-order valence-electron chi connectivity index (χ4n) is 4.02. The summed E-state index contributed by atoms with van der Waals surface area (Å²) in [5, 5.41) is 6.58. The molecule has 3 heterocycles. The lowest BCUT2D eigenvalue weighted by Crippen LogP contribution is -2.52. The quantitative estimate of drug-likeness (QED) is 0.363. The Hall–Kier alpha value is -3.66. The number of imide groups is 1. The third-order valence-corrected chi connectivity index (χ3v) is 6.78. The van der Waals surface area contributed by atoms with Crippen LogP contribution in [0.5, 0.6) is 0 Å². The van der Waals surface area contributed by atoms with Crippen molar-refractivity contribution in [2.24, 2.45) is 0 Å². The second-order valence-corrected chi connectivity index (χ2v) is 8.93. The average molecular weight is 468 g/mol. The SMILES string of the molecule is CC(=O)Nc1ccc(C(=O)C(=O)CCc2scc3c2CN(C2CCC(=O)NC2=O)C3=O)cc1. The van der Waals surface area contributed by atoms with Crippen molar-refractivity contribution < 1.29 is 28.8 Å². The molecule has 0 saturated carbocycles. The van der Waals surface area contributed by atoms with Gasteiger partial charge in [-0.15, -0.1) is 11.3 Å². The van der Waals surface area contributed by atoms with Crippen molar-refractivity contribution >= 4 is 52.2 Å². The highest BCUT2D eigenvalue weighted by molar-refractivity contribution is 7.10. The lowest BCUT2D eigenvalue weighted by atomic mass is 10.0. The molecule has 0 bridgehead atoms. The number of thiophene rings is 1. The maximum Gasteiger partial charge on any atom is 0.256 e. The van der Waals surface area contributed by atoms with Crippen LogP contribution in [0.15, 0.2) is 29.6 Å². The number of nitrogens with one attached hydrogen (secondary N) is 2. The Kier molecular flexibility index (Phi) is 6.19. The number of aryl methyl sites for hydroxylation is 1. The van der Waals surface area contributed by atoms with Gasteiger partial charge in [0.25, 0.3) is 5.91 Å². The molecule has 4 amide bonds. The molecular weight excluding hydrogens is 446 g/mol. The van der Waals surface area contributed by atoms with E-state index in [1.165, 1.54) is 35.3 Å². The fraction of sp³-hybridized carbons (Fsp3) is 0.304. The standard InChI is InChI=1S/C23H21N3O6S/c1-12(27)24-14-4-2-13(3-5-14)21(30)18(28)7-8-19-15-10-26(23(32)16(15)11-33-19)17-6-9-20(29)25-22(17)31/h2-5,11,17H,6-10H2,1H3,(H,24,27)(H,25,29,31). The minimum Gasteiger partial charge on any atom is -0.326 e. The van der Waals surface area contributed by atoms with E-state index in [2.05, 4.69) is 10.6 Å². The van der Waals surface area contributed by atoms with Crippen molar-refractivity contribution in [3.05, 3.63) is 51.2 Å². The summed E-state index contributed by atoms with van der Waals surface area (Å²) >= 11 is 1.36. The van der Waals surface area contributed by atoms with Gasteiger partial charge >= 0.3 is 0 Å². The molecule has 0 spiro atoms. The summed E-state index contributed by atoms with van der Waals surface area (Å²) < 4.78 is 0. The number of hydrogen-bond acceptors (Lipinski definition) is 7. The maximum absolute atomic E-state index is 12.8. The summed E-state index contributed by atoms with van der Waals surface area (Å²) in [5.74, 6) is -2.47. The summed E-state index contributed by atoms with van der Waals surface area (Å²) in [6.45, 7) is 1.62. The van der Waals surface area contributed by atoms with Gasteiger partial charge in [0, 0.05) is 47.8 Å². The first-order valence-corrected chi connectivity index (χ1v) is 11.3. The van der Waals surface area contributed by atoms with Crippen LogP contribution in [0.3, 0.4) is 0 Å². The van der Waals surface area contributed by atoms with Crippen LogP contribution >= 0.6 is 11.3 Å². The van der Waals surface area contributed by atoms with Gasteiger partial charge in [-0.1, -0.05) is 0 Å². The average Bonchev–Trinajstić information content (AvgIpc) is 3.32. The van der Waals surface area contributed by atoms with Crippen molar-refractivity contribution in [2.45, 2.75) is 45.2 Å². The second-order valence-electron chi connectivity index (χ2n) is 7.96. The molecule has 1 fully saturated rings. The van der Waals surface area contributed by atoms with Crippen molar-refractivity contribution in [3.63, 3.8) is 0 Å². The Labute approximate surface area is 193 Å². The molecular formula is C23H21N3O6S. The number of carbonyl (C=O) groups excluding carboxylic acids is 6. The first kappa shape index (κ1) is 22.5. The highest BCUT2D eigenvalue weighted by atomic mass is 32.1. The second kappa shape index (κ2) is 9.07. The molecule has 2 aliphatic rings. The van der Waals surface area contributed by atoms with E-state index < -0.39 is 23.5 Å². The van der Waals surface area contributed by atoms with E-state index in [-0.39, 0.29) is 49.1 Å². The van der Waals surface area contributed by atoms with Crippen LogP contribution in [0.1, 0.15) is 57.3 Å². The monoisotopic (exact) mass is 467 g/mol. The minimum atomic E-state index is -0.691. The number of amides is 4. The van der Waals surface area contributed by atoms with Crippen LogP contribution in [-0.4, -0.2) is 46.1 Å². The summed E-state index contributed by atoms with van der Waals surface area (Å²) in [5.41, 5.74) is 2.05. The number of ketones is 2. The van der Waals surface area contributed by atoms with E-state index in [0.717, 1.165) is 10.4 Å². The van der Waals surface area contributed by atoms with Crippen LogP contribution in [0.25, 0.3) is 0 Å². The molecule has 1 aromatic carbocycles. The number of Topliss-reactive ketones (excluding diaryl/α,β-unsaturated/α-hetero) is 2. The number of carbonyl (C=O) groups is 6. The van der Waals surface area contributed by atoms with Crippen LogP contribution in [0, 0.1) is 0 Å². The Morgan fingerprint density at radius 1 is 1.15 bits per heavy atom. The van der Waals surface area contributed by atoms with E-state index in [4.69, 9.17) is 0 Å². The molecule has 0 radical (unpaired) electrons. The third kappa shape index (κ3) is 4.61. The van der Waals surface area contributed by atoms with Crippen molar-refractivity contribution in [1.82, 2.24) is 10.2 Å². The molecule has 1 saturated heterocycles. The van der Waals surface area contributed by atoms with Gasteiger partial charge in [-0.2, -0.15) is 0 Å². The number of rotatable bonds is 7. The van der Waals surface area contributed by atoms with Gasteiger partial charge < -0.3 is 10.2 Å². The summed E-state index contributed by atoms with van der Waals surface area (Å²) in [6.07, 6.45) is 0.770. The van der Waals surface area contributed by atoms with Gasteiger partial charge in [0.1, 0.15) is 6.04 Å². The van der Waals surface area contributed by atoms with Gasteiger partial charge in [-0.25, -0.2) is 0 Å². The Balaban J connectivity index is 1.38. The van der Waals surface area contributed by atoms with Crippen LogP contribution in [0.4, 0.5) is 5.69 Å². The van der Waals surface area contributed by atoms with Crippen LogP contribution in [0.2, 0.25) is 0 Å². The number of nitrogens with zero attached hydrogens (tertiary/aromatic N) is 1. The third-order valence-electron chi connectivity index (χ3n) is 5.69. The molecule has 0 aliphatic carbocycles. The fourth-order valence-corrected chi connectivity index (χ4v) is 5.06. The van der Waals surface area contributed by atoms with E-state index in [9.17, 15) is 28.8 Å². The number of anilines is 1. The lowest BCUT2D eigenvalue weighted by molar-refractivity contribution is -0.137. The van der Waals surface area contributed by atoms with E-state index in [1.54, 1.807) is 17.5 Å². The minimum absolute atomic E-state index is 0.00809. The molecule has 4 rings (SSSR count). The molecule has 1 unspecified atom stereocenters. The molecule has 9 nitrogen and oxygen atoms in total. The van der Waals surface area contributed by atoms with Gasteiger partial charge in [0.05, 0.1) is 5.56 Å². The normalized spacial score (nSPS) is 17.5. The van der Waals surface area contributed by atoms with Crippen molar-refractivity contribution in [1.29, 1.82) is 0 Å². The maximum atomic E-state index is 12.8.